The summed E-state index contributed by atoms with van der Waals surface area (Å²) in [5.41, 5.74) is 6.51. The fourth-order valence-electron chi connectivity index (χ4n) is 0.727. The van der Waals surface area contributed by atoms with Crippen LogP contribution in [-0.2, 0) is 0 Å². The summed E-state index contributed by atoms with van der Waals surface area (Å²) in [5, 5.41) is 3.63. The molecule has 0 saturated heterocycles. The van der Waals surface area contributed by atoms with Gasteiger partial charge in [0.1, 0.15) is 5.24 Å². The molecule has 0 radical (unpaired) electrons. The van der Waals surface area contributed by atoms with Gasteiger partial charge in [-0.1, -0.05) is 52.4 Å². The van der Waals surface area contributed by atoms with Crippen LogP contribution in [-0.4, -0.2) is 18.3 Å². The molecule has 0 aliphatic carbocycles. The number of nitrogens with zero attached hydrogens (tertiary/aromatic N) is 1. The summed E-state index contributed by atoms with van der Waals surface area (Å²) in [6.07, 6.45) is 0. The van der Waals surface area contributed by atoms with Crippen molar-refractivity contribution in [1.29, 1.82) is 0 Å². The van der Waals surface area contributed by atoms with Crippen LogP contribution in [0.3, 0.4) is 0 Å². The Hall–Kier alpha value is 1.42. The summed E-state index contributed by atoms with van der Waals surface area (Å²) < 4.78 is 0. The van der Waals surface area contributed by atoms with E-state index in [0.29, 0.717) is 10.8 Å². The predicted octanol–water partition coefficient (Wildman–Crippen LogP) is 1.54. The van der Waals surface area contributed by atoms with Gasteiger partial charge in [0.2, 0.25) is 0 Å². The third-order valence-electron chi connectivity index (χ3n) is 1.17. The van der Waals surface area contributed by atoms with E-state index in [1.54, 1.807) is 0 Å². The van der Waals surface area contributed by atoms with Gasteiger partial charge in [-0.2, -0.15) is 0 Å². The Morgan fingerprint density at radius 1 is 1.06 bits per heavy atom. The molecule has 0 aromatic rings. The van der Waals surface area contributed by atoms with Crippen molar-refractivity contribution in [1.82, 2.24) is 0 Å². The zero-order valence-electron chi connectivity index (χ0n) is 11.7. The first-order valence-electron chi connectivity index (χ1n) is 5.02. The van der Waals surface area contributed by atoms with Gasteiger partial charge in [-0.3, -0.25) is 0 Å². The van der Waals surface area contributed by atoms with Crippen LogP contribution in [0.1, 0.15) is 41.5 Å². The third-order valence-corrected chi connectivity index (χ3v) is 1.17. The second-order valence-electron chi connectivity index (χ2n) is 5.97. The molecule has 0 unspecified atom stereocenters. The molecule has 0 heterocycles. The smallest absolute Gasteiger partial charge is 0.661 e. The van der Waals surface area contributed by atoms with Crippen LogP contribution >= 0.6 is 12.6 Å². The van der Waals surface area contributed by atoms with Crippen molar-refractivity contribution in [3.05, 3.63) is 11.1 Å². The van der Waals surface area contributed by atoms with Crippen molar-refractivity contribution in [2.75, 3.05) is 13.1 Å². The fraction of sp³-hybridized carbons (Fsp3) is 0.909. The van der Waals surface area contributed by atoms with Gasteiger partial charge in [0.25, 0.3) is 0 Å². The second-order valence-corrected chi connectivity index (χ2v) is 6.37. The number of carbonyl (C=O) groups is 1. The van der Waals surface area contributed by atoms with Gasteiger partial charge in [0.05, 0.1) is 0 Å². The van der Waals surface area contributed by atoms with Gasteiger partial charge in [-0.25, -0.2) is 0 Å². The molecular formula is C11H24KN2OS-. The molecule has 0 aromatic carbocycles. The first-order chi connectivity index (χ1) is 6.44. The summed E-state index contributed by atoms with van der Waals surface area (Å²) in [6.45, 7) is 15.3. The van der Waals surface area contributed by atoms with Gasteiger partial charge >= 0.3 is 51.4 Å². The number of carbonyl (C=O) groups excluding carboxylic acids is 1. The zero-order chi connectivity index (χ0) is 12.7. The molecule has 16 heavy (non-hydrogen) atoms. The van der Waals surface area contributed by atoms with Gasteiger partial charge < -0.3 is 15.8 Å². The average Bonchev–Trinajstić information content (AvgIpc) is 1.77. The molecule has 0 saturated carbocycles. The first kappa shape index (κ1) is 22.6. The van der Waals surface area contributed by atoms with E-state index in [2.05, 4.69) is 59.5 Å². The van der Waals surface area contributed by atoms with Crippen molar-refractivity contribution < 1.29 is 56.2 Å². The maximum Gasteiger partial charge on any atom is 1.00 e. The van der Waals surface area contributed by atoms with Crippen molar-refractivity contribution >= 4 is 17.9 Å². The minimum atomic E-state index is -0.889. The van der Waals surface area contributed by atoms with E-state index in [-0.39, 0.29) is 51.4 Å². The first-order valence-corrected chi connectivity index (χ1v) is 5.46. The number of amides is 1. The van der Waals surface area contributed by atoms with Crippen LogP contribution in [0.2, 0.25) is 0 Å². The number of nitrogens with one attached hydrogen (secondary N) is 1. The van der Waals surface area contributed by atoms with Gasteiger partial charge in [-0.15, -0.1) is 25.7 Å². The molecule has 92 valence electrons. The van der Waals surface area contributed by atoms with Crippen molar-refractivity contribution in [3.8, 4) is 0 Å². The minimum absolute atomic E-state index is 0. The van der Waals surface area contributed by atoms with Crippen molar-refractivity contribution in [2.45, 2.75) is 41.5 Å². The summed E-state index contributed by atoms with van der Waals surface area (Å²) >= 11 is 2.99. The van der Waals surface area contributed by atoms with Crippen LogP contribution in [0.5, 0.6) is 0 Å². The Morgan fingerprint density at radius 3 is 1.38 bits per heavy atom. The van der Waals surface area contributed by atoms with E-state index >= 15 is 0 Å². The molecule has 0 bridgehead atoms. The summed E-state index contributed by atoms with van der Waals surface area (Å²) in [6, 6.07) is 0. The van der Waals surface area contributed by atoms with E-state index in [0.717, 1.165) is 13.1 Å². The monoisotopic (exact) mass is 271 g/mol. The Bertz CT molecular complexity index is 167. The SMILES string of the molecule is CC(C)(C)C[N-]CC(C)(C)C.[K+].[NH-]C(=O)S. The topological polar surface area (TPSA) is 55.0 Å². The van der Waals surface area contributed by atoms with Crippen LogP contribution in [0.4, 0.5) is 4.79 Å². The summed E-state index contributed by atoms with van der Waals surface area (Å²) in [4.78, 5) is 8.98. The zero-order valence-corrected chi connectivity index (χ0v) is 15.7. The second kappa shape index (κ2) is 10.3. The quantitative estimate of drug-likeness (QED) is 0.601. The molecular weight excluding hydrogens is 247 g/mol. The van der Waals surface area contributed by atoms with Gasteiger partial charge in [0, 0.05) is 0 Å². The van der Waals surface area contributed by atoms with E-state index in [1.807, 2.05) is 0 Å². The van der Waals surface area contributed by atoms with Crippen LogP contribution in [0, 0.1) is 10.8 Å². The molecule has 0 rings (SSSR count). The standard InChI is InChI=1S/C10H22N.CH3NOS.K/c1-9(2,3)7-11-8-10(4,5)6;2-1(3)4;/h7-8H2,1-6H3;(H3,2,3,4);/q-1;;+1/p-1. The predicted molar refractivity (Wildman–Crippen MR) is 70.7 cm³/mol. The maximum atomic E-state index is 8.98. The Balaban J connectivity index is -0.000000292. The summed E-state index contributed by atoms with van der Waals surface area (Å²) in [7, 11) is 0. The van der Waals surface area contributed by atoms with Crippen LogP contribution < -0.4 is 51.4 Å². The van der Waals surface area contributed by atoms with Gasteiger partial charge in [-0.05, 0) is 0 Å². The normalized spacial score (nSPS) is 10.9. The largest absolute Gasteiger partial charge is 1.00 e. The molecule has 3 nitrogen and oxygen atoms in total. The molecule has 0 fully saturated rings. The molecule has 0 aliphatic rings. The molecule has 0 aliphatic heterocycles. The Labute approximate surface area is 149 Å². The third kappa shape index (κ3) is 36.1. The number of rotatable bonds is 2. The molecule has 1 N–H and O–H groups in total. The molecule has 0 atom stereocenters. The van der Waals surface area contributed by atoms with Crippen molar-refractivity contribution in [2.24, 2.45) is 10.8 Å². The molecule has 5 heteroatoms. The van der Waals surface area contributed by atoms with Gasteiger partial charge in [0.15, 0.2) is 0 Å². The maximum absolute atomic E-state index is 8.98. The summed E-state index contributed by atoms with van der Waals surface area (Å²) in [5.74, 6) is 0. The van der Waals surface area contributed by atoms with Crippen molar-refractivity contribution in [3.63, 3.8) is 0 Å². The number of hydrogen-bond acceptors (Lipinski definition) is 1. The number of hydrogen-bond donors (Lipinski definition) is 1. The fourth-order valence-corrected chi connectivity index (χ4v) is 0.727. The molecule has 0 spiro atoms. The Kier molecular flexibility index (Phi) is 14.6. The molecule has 1 amide bonds. The van der Waals surface area contributed by atoms with E-state index in [9.17, 15) is 0 Å². The molecule has 0 aromatic heterocycles. The van der Waals surface area contributed by atoms with Crippen LogP contribution in [0.15, 0.2) is 0 Å². The van der Waals surface area contributed by atoms with E-state index < -0.39 is 5.24 Å². The van der Waals surface area contributed by atoms with E-state index in [4.69, 9.17) is 10.5 Å². The average molecular weight is 271 g/mol. The Morgan fingerprint density at radius 2 is 1.25 bits per heavy atom. The van der Waals surface area contributed by atoms with E-state index in [1.165, 1.54) is 0 Å². The number of thiol groups is 1. The van der Waals surface area contributed by atoms with Crippen LogP contribution in [0.25, 0.3) is 11.1 Å². The minimum Gasteiger partial charge on any atom is -0.661 e.